The van der Waals surface area contributed by atoms with Gasteiger partial charge in [-0.05, 0) is 40.7 Å². The molecule has 0 aromatic heterocycles. The molecule has 2 aliphatic rings. The van der Waals surface area contributed by atoms with Crippen molar-refractivity contribution in [1.29, 1.82) is 5.41 Å². The highest BCUT2D eigenvalue weighted by molar-refractivity contribution is 5.77. The second-order valence-corrected chi connectivity index (χ2v) is 9.51. The summed E-state index contributed by atoms with van der Waals surface area (Å²) in [4.78, 5) is 28.7. The number of nitrogens with zero attached hydrogens (tertiary/aromatic N) is 4. The number of hydrogen-bond donors (Lipinski definition) is 4. The molecule has 0 unspecified atom stereocenters. The van der Waals surface area contributed by atoms with Gasteiger partial charge in [0, 0.05) is 52.2 Å². The summed E-state index contributed by atoms with van der Waals surface area (Å²) >= 11 is 0. The van der Waals surface area contributed by atoms with E-state index in [-0.39, 0.29) is 12.5 Å². The van der Waals surface area contributed by atoms with E-state index in [0.717, 1.165) is 32.5 Å². The van der Waals surface area contributed by atoms with Crippen LogP contribution >= 0.6 is 0 Å². The van der Waals surface area contributed by atoms with Crippen molar-refractivity contribution >= 4 is 18.3 Å². The number of carbonyl (C=O) groups is 2. The minimum absolute atomic E-state index is 0.122. The Labute approximate surface area is 185 Å². The summed E-state index contributed by atoms with van der Waals surface area (Å²) in [5.41, 5.74) is 3.76. The number of likely N-dealkylation sites (N-methyl/N-ethyl adjacent to an activating group) is 1. The molecule has 0 atom stereocenters. The van der Waals surface area contributed by atoms with Gasteiger partial charge in [0.1, 0.15) is 11.9 Å². The van der Waals surface area contributed by atoms with Crippen molar-refractivity contribution in [2.75, 3.05) is 59.4 Å². The number of aliphatic hydroxyl groups is 1. The maximum atomic E-state index is 12.3. The highest BCUT2D eigenvalue weighted by Gasteiger charge is 2.35. The van der Waals surface area contributed by atoms with Gasteiger partial charge in [0.25, 0.3) is 0 Å². The Bertz CT molecular complexity index is 609. The van der Waals surface area contributed by atoms with Gasteiger partial charge in [0.05, 0.1) is 12.1 Å². The molecular weight excluding hydrogens is 402 g/mol. The van der Waals surface area contributed by atoms with Crippen LogP contribution in [0.1, 0.15) is 40.0 Å². The Morgan fingerprint density at radius 1 is 1.16 bits per heavy atom. The van der Waals surface area contributed by atoms with Crippen LogP contribution in [0.4, 0.5) is 4.79 Å². The molecule has 0 radical (unpaired) electrons. The predicted octanol–water partition coefficient (Wildman–Crippen LogP) is -0.169. The van der Waals surface area contributed by atoms with Crippen LogP contribution in [0.2, 0.25) is 0 Å². The van der Waals surface area contributed by atoms with Crippen LogP contribution in [0.3, 0.4) is 0 Å². The summed E-state index contributed by atoms with van der Waals surface area (Å²) in [6.07, 6.45) is 1.64. The van der Waals surface area contributed by atoms with E-state index in [9.17, 15) is 14.7 Å². The van der Waals surface area contributed by atoms with E-state index in [0.29, 0.717) is 38.9 Å². The minimum Gasteiger partial charge on any atom is -0.443 e. The van der Waals surface area contributed by atoms with Gasteiger partial charge >= 0.3 is 6.09 Å². The lowest BCUT2D eigenvalue weighted by Gasteiger charge is -2.40. The lowest BCUT2D eigenvalue weighted by atomic mass is 9.92. The van der Waals surface area contributed by atoms with Gasteiger partial charge in [0.15, 0.2) is 0 Å². The molecule has 0 aliphatic carbocycles. The van der Waals surface area contributed by atoms with E-state index in [1.807, 2.05) is 0 Å². The Kier molecular flexibility index (Phi) is 9.04. The van der Waals surface area contributed by atoms with Gasteiger partial charge in [-0.25, -0.2) is 9.80 Å². The van der Waals surface area contributed by atoms with Crippen LogP contribution in [-0.2, 0) is 9.53 Å². The standard InChI is InChI=1S/C20H39N7O4/c1-19(2,3)31-18(29)23-26-9-6-20(30,7-10-26)15-27(16-21)22-17(28)5-8-25-13-11-24(4)12-14-25/h16,21,30H,5-15H2,1-4H3,(H,22,28)(H,23,29). The van der Waals surface area contributed by atoms with Crippen molar-refractivity contribution < 1.29 is 19.4 Å². The van der Waals surface area contributed by atoms with E-state index in [1.54, 1.807) is 25.8 Å². The van der Waals surface area contributed by atoms with Gasteiger partial charge in [-0.3, -0.25) is 26.1 Å². The molecule has 0 bridgehead atoms. The molecule has 2 heterocycles. The molecular formula is C20H39N7O4. The summed E-state index contributed by atoms with van der Waals surface area (Å²) in [5, 5.41) is 21.6. The lowest BCUT2D eigenvalue weighted by molar-refractivity contribution is -0.126. The molecule has 178 valence electrons. The van der Waals surface area contributed by atoms with Gasteiger partial charge < -0.3 is 19.6 Å². The summed E-state index contributed by atoms with van der Waals surface area (Å²) in [6, 6.07) is 0. The van der Waals surface area contributed by atoms with Crippen LogP contribution < -0.4 is 10.9 Å². The van der Waals surface area contributed by atoms with Crippen LogP contribution in [0.25, 0.3) is 0 Å². The molecule has 0 spiro atoms. The van der Waals surface area contributed by atoms with Gasteiger partial charge in [-0.15, -0.1) is 0 Å². The number of rotatable bonds is 8. The van der Waals surface area contributed by atoms with Crippen LogP contribution in [0, 0.1) is 5.41 Å². The molecule has 2 rings (SSSR count). The second-order valence-electron chi connectivity index (χ2n) is 9.51. The zero-order chi connectivity index (χ0) is 23.1. The zero-order valence-corrected chi connectivity index (χ0v) is 19.3. The minimum atomic E-state index is -1.06. The highest BCUT2D eigenvalue weighted by Crippen LogP contribution is 2.22. The molecule has 0 aromatic carbocycles. The Morgan fingerprint density at radius 2 is 1.77 bits per heavy atom. The molecule has 2 amide bonds. The number of ether oxygens (including phenoxy) is 1. The number of hydrogen-bond acceptors (Lipinski definition) is 8. The maximum absolute atomic E-state index is 12.3. The number of amides is 2. The van der Waals surface area contributed by atoms with Crippen molar-refractivity contribution in [2.24, 2.45) is 0 Å². The van der Waals surface area contributed by atoms with E-state index in [4.69, 9.17) is 10.1 Å². The van der Waals surface area contributed by atoms with Crippen molar-refractivity contribution in [2.45, 2.75) is 51.2 Å². The van der Waals surface area contributed by atoms with Crippen molar-refractivity contribution in [3.05, 3.63) is 0 Å². The van der Waals surface area contributed by atoms with E-state index in [2.05, 4.69) is 27.7 Å². The van der Waals surface area contributed by atoms with E-state index in [1.165, 1.54) is 5.01 Å². The first-order valence-corrected chi connectivity index (χ1v) is 10.9. The molecule has 2 saturated heterocycles. The lowest BCUT2D eigenvalue weighted by Crippen LogP contribution is -2.57. The number of piperidine rings is 1. The molecule has 4 N–H and O–H groups in total. The smallest absolute Gasteiger partial charge is 0.422 e. The van der Waals surface area contributed by atoms with Gasteiger partial charge in [-0.2, -0.15) is 0 Å². The SMILES string of the molecule is CN1CCN(CCC(=O)NN(C=N)CC2(O)CCN(NC(=O)OC(C)(C)C)CC2)CC1. The quantitative estimate of drug-likeness (QED) is 0.233. The topological polar surface area (TPSA) is 124 Å². The summed E-state index contributed by atoms with van der Waals surface area (Å²) in [6.45, 7) is 11.0. The summed E-state index contributed by atoms with van der Waals surface area (Å²) in [5.74, 6) is -0.171. The molecule has 0 aromatic rings. The predicted molar refractivity (Wildman–Crippen MR) is 117 cm³/mol. The summed E-state index contributed by atoms with van der Waals surface area (Å²) < 4.78 is 5.24. The molecule has 2 aliphatic heterocycles. The first-order chi connectivity index (χ1) is 14.5. The number of piperazine rings is 1. The van der Waals surface area contributed by atoms with E-state index < -0.39 is 17.3 Å². The average Bonchev–Trinajstić information content (AvgIpc) is 2.67. The maximum Gasteiger partial charge on any atom is 0.422 e. The fourth-order valence-corrected chi connectivity index (χ4v) is 3.60. The van der Waals surface area contributed by atoms with Gasteiger partial charge in [-0.1, -0.05) is 0 Å². The Balaban J connectivity index is 1.71. The van der Waals surface area contributed by atoms with E-state index >= 15 is 0 Å². The first-order valence-electron chi connectivity index (χ1n) is 10.9. The third kappa shape index (κ3) is 9.38. The highest BCUT2D eigenvalue weighted by atomic mass is 16.6. The zero-order valence-electron chi connectivity index (χ0n) is 19.3. The molecule has 11 heteroatoms. The van der Waals surface area contributed by atoms with Crippen molar-refractivity contribution in [1.82, 2.24) is 30.7 Å². The third-order valence-corrected chi connectivity index (χ3v) is 5.48. The fourth-order valence-electron chi connectivity index (χ4n) is 3.60. The first kappa shape index (κ1) is 25.3. The molecule has 0 saturated carbocycles. The Hall–Kier alpha value is -1.95. The Morgan fingerprint density at radius 3 is 2.32 bits per heavy atom. The fraction of sp³-hybridized carbons (Fsp3) is 0.850. The van der Waals surface area contributed by atoms with Crippen LogP contribution in [0.15, 0.2) is 0 Å². The van der Waals surface area contributed by atoms with Crippen molar-refractivity contribution in [3.63, 3.8) is 0 Å². The van der Waals surface area contributed by atoms with Crippen LogP contribution in [0.5, 0.6) is 0 Å². The van der Waals surface area contributed by atoms with Crippen molar-refractivity contribution in [3.8, 4) is 0 Å². The summed E-state index contributed by atoms with van der Waals surface area (Å²) in [7, 11) is 2.09. The molecule has 31 heavy (non-hydrogen) atoms. The monoisotopic (exact) mass is 441 g/mol. The van der Waals surface area contributed by atoms with Crippen LogP contribution in [-0.4, -0.2) is 114 Å². The number of carbonyl (C=O) groups excluding carboxylic acids is 2. The number of nitrogens with one attached hydrogen (secondary N) is 3. The average molecular weight is 442 g/mol. The largest absolute Gasteiger partial charge is 0.443 e. The molecule has 2 fully saturated rings. The number of hydrazine groups is 2. The van der Waals surface area contributed by atoms with Gasteiger partial charge in [0.2, 0.25) is 5.91 Å². The normalized spacial score (nSPS) is 20.7. The third-order valence-electron chi connectivity index (χ3n) is 5.48. The molecule has 11 nitrogen and oxygen atoms in total. The second kappa shape index (κ2) is 11.1.